The van der Waals surface area contributed by atoms with Crippen molar-refractivity contribution in [3.63, 3.8) is 0 Å². The minimum atomic E-state index is -0.411. The molecular weight excluding hydrogens is 368 g/mol. The van der Waals surface area contributed by atoms with Crippen LogP contribution in [-0.4, -0.2) is 48.5 Å². The largest absolute Gasteiger partial charge is 0.466 e. The van der Waals surface area contributed by atoms with E-state index in [1.54, 1.807) is 0 Å². The Morgan fingerprint density at radius 3 is 2.38 bits per heavy atom. The number of carbonyl (C=O) groups is 1. The summed E-state index contributed by atoms with van der Waals surface area (Å²) in [5.74, 6) is 0.182. The summed E-state index contributed by atoms with van der Waals surface area (Å²) in [6.45, 7) is 15.0. The average Bonchev–Trinajstić information content (AvgIpc) is 2.65. The first-order valence-corrected chi connectivity index (χ1v) is 11.1. The molecule has 2 aliphatic rings. The maximum atomic E-state index is 12.4. The van der Waals surface area contributed by atoms with Gasteiger partial charge in [0.15, 0.2) is 0 Å². The van der Waals surface area contributed by atoms with E-state index in [4.69, 9.17) is 9.57 Å². The quantitative estimate of drug-likeness (QED) is 0.673. The minimum Gasteiger partial charge on any atom is -0.466 e. The van der Waals surface area contributed by atoms with Crippen LogP contribution >= 0.6 is 0 Å². The van der Waals surface area contributed by atoms with E-state index in [0.29, 0.717) is 38.5 Å². The van der Waals surface area contributed by atoms with E-state index in [2.05, 4.69) is 40.7 Å². The third kappa shape index (κ3) is 6.67. The molecule has 0 spiro atoms. The summed E-state index contributed by atoms with van der Waals surface area (Å²) in [5.41, 5.74) is -0.0829. The third-order valence-corrected chi connectivity index (χ3v) is 6.85. The van der Waals surface area contributed by atoms with Crippen LogP contribution in [0.3, 0.4) is 0 Å². The zero-order valence-electron chi connectivity index (χ0n) is 19.1. The molecule has 29 heavy (non-hydrogen) atoms. The van der Waals surface area contributed by atoms with Crippen molar-refractivity contribution in [1.29, 1.82) is 5.26 Å². The van der Waals surface area contributed by atoms with Gasteiger partial charge in [0.2, 0.25) is 0 Å². The van der Waals surface area contributed by atoms with Crippen molar-refractivity contribution >= 4 is 5.97 Å². The summed E-state index contributed by atoms with van der Waals surface area (Å²) < 4.78 is 5.29. The van der Waals surface area contributed by atoms with E-state index >= 15 is 0 Å². The Morgan fingerprint density at radius 1 is 1.10 bits per heavy atom. The molecule has 1 aliphatic heterocycles. The van der Waals surface area contributed by atoms with E-state index in [9.17, 15) is 15.2 Å². The number of aliphatic hydroxyl groups excluding tert-OH is 1. The number of hydrogen-bond donors (Lipinski definition) is 1. The molecule has 0 bridgehead atoms. The van der Waals surface area contributed by atoms with Crippen molar-refractivity contribution < 1.29 is 19.5 Å². The van der Waals surface area contributed by atoms with Crippen LogP contribution in [0.25, 0.3) is 0 Å². The number of ether oxygens (including phenoxy) is 1. The van der Waals surface area contributed by atoms with Crippen LogP contribution in [0.1, 0.15) is 67.2 Å². The van der Waals surface area contributed by atoms with Crippen LogP contribution in [0.4, 0.5) is 0 Å². The summed E-state index contributed by atoms with van der Waals surface area (Å²) in [6, 6.07) is 2.33. The van der Waals surface area contributed by atoms with E-state index in [1.807, 2.05) is 12.0 Å². The predicted molar refractivity (Wildman–Crippen MR) is 111 cm³/mol. The van der Waals surface area contributed by atoms with Gasteiger partial charge >= 0.3 is 5.97 Å². The maximum absolute atomic E-state index is 12.4. The molecule has 5 unspecified atom stereocenters. The van der Waals surface area contributed by atoms with E-state index in [-0.39, 0.29) is 34.6 Å². The van der Waals surface area contributed by atoms with Crippen LogP contribution in [0.5, 0.6) is 0 Å². The van der Waals surface area contributed by atoms with E-state index in [1.165, 1.54) is 0 Å². The number of hydroxylamine groups is 2. The molecule has 0 radical (unpaired) electrons. The van der Waals surface area contributed by atoms with Crippen LogP contribution in [0, 0.1) is 45.8 Å². The first kappa shape index (κ1) is 24.1. The second-order valence-electron chi connectivity index (χ2n) is 10.7. The Balaban J connectivity index is 2.02. The molecule has 6 nitrogen and oxygen atoms in total. The van der Waals surface area contributed by atoms with Crippen molar-refractivity contribution in [2.45, 2.75) is 73.3 Å². The zero-order chi connectivity index (χ0) is 21.8. The number of esters is 1. The van der Waals surface area contributed by atoms with Crippen LogP contribution in [0.2, 0.25) is 0 Å². The number of rotatable bonds is 6. The molecule has 1 saturated carbocycles. The molecule has 2 fully saturated rings. The third-order valence-electron chi connectivity index (χ3n) is 6.85. The van der Waals surface area contributed by atoms with Gasteiger partial charge in [-0.3, -0.25) is 9.63 Å². The van der Waals surface area contributed by atoms with Gasteiger partial charge in [0.05, 0.1) is 31.3 Å². The molecule has 1 aliphatic carbocycles. The van der Waals surface area contributed by atoms with E-state index < -0.39 is 6.10 Å². The predicted octanol–water partition coefficient (Wildman–Crippen LogP) is 3.79. The van der Waals surface area contributed by atoms with Gasteiger partial charge in [-0.15, -0.1) is 0 Å². The molecule has 1 N–H and O–H groups in total. The number of carbonyl (C=O) groups excluding carboxylic acids is 1. The first-order valence-electron chi connectivity index (χ1n) is 11.1. The van der Waals surface area contributed by atoms with Crippen molar-refractivity contribution in [3.05, 3.63) is 0 Å². The van der Waals surface area contributed by atoms with Gasteiger partial charge in [-0.25, -0.2) is 0 Å². The topological polar surface area (TPSA) is 82.8 Å². The van der Waals surface area contributed by atoms with Crippen molar-refractivity contribution in [2.24, 2.45) is 34.5 Å². The molecule has 1 saturated heterocycles. The summed E-state index contributed by atoms with van der Waals surface area (Å²) in [6.07, 6.45) is 2.51. The summed E-state index contributed by atoms with van der Waals surface area (Å²) in [7, 11) is 0. The molecule has 0 aromatic rings. The van der Waals surface area contributed by atoms with Gasteiger partial charge in [-0.05, 0) is 55.3 Å². The monoisotopic (exact) mass is 408 g/mol. The van der Waals surface area contributed by atoms with E-state index in [0.717, 1.165) is 19.4 Å². The lowest BCUT2D eigenvalue weighted by molar-refractivity contribution is -0.222. The molecule has 166 valence electrons. The van der Waals surface area contributed by atoms with Gasteiger partial charge in [0.1, 0.15) is 0 Å². The van der Waals surface area contributed by atoms with Gasteiger partial charge in [0, 0.05) is 19.0 Å². The number of hydrogen-bond acceptors (Lipinski definition) is 6. The molecule has 6 heteroatoms. The second-order valence-corrected chi connectivity index (χ2v) is 10.7. The SMILES string of the molecule is CCOC(=O)C1CC(C(C)(C)C)CN(OCC(C)(C)C2CC(O)CC(C#N)C2)C1. The lowest BCUT2D eigenvalue weighted by Crippen LogP contribution is -2.48. The lowest BCUT2D eigenvalue weighted by atomic mass is 9.68. The normalized spacial score (nSPS) is 31.9. The highest BCUT2D eigenvalue weighted by Gasteiger charge is 2.41. The van der Waals surface area contributed by atoms with Crippen LogP contribution in [0.15, 0.2) is 0 Å². The molecule has 0 amide bonds. The fourth-order valence-corrected chi connectivity index (χ4v) is 4.63. The van der Waals surface area contributed by atoms with Crippen molar-refractivity contribution in [3.8, 4) is 6.07 Å². The van der Waals surface area contributed by atoms with Gasteiger partial charge in [0.25, 0.3) is 0 Å². The Bertz CT molecular complexity index is 593. The lowest BCUT2D eigenvalue weighted by Gasteiger charge is -2.44. The maximum Gasteiger partial charge on any atom is 0.310 e. The fourth-order valence-electron chi connectivity index (χ4n) is 4.63. The average molecular weight is 409 g/mol. The molecule has 5 atom stereocenters. The highest BCUT2D eigenvalue weighted by molar-refractivity contribution is 5.72. The van der Waals surface area contributed by atoms with Gasteiger partial charge in [-0.2, -0.15) is 10.3 Å². The molecule has 0 aromatic carbocycles. The second kappa shape index (κ2) is 9.76. The molecular formula is C23H40N2O4. The fraction of sp³-hybridized carbons (Fsp3) is 0.913. The standard InChI is InChI=1S/C23H40N2O4/c1-7-28-21(27)17-10-19(22(2,3)4)14-25(13-17)29-15-23(5,6)18-8-16(12-24)9-20(26)11-18/h16-20,26H,7-11,13-15H2,1-6H3. The number of piperidine rings is 1. The Labute approximate surface area is 176 Å². The van der Waals surface area contributed by atoms with Crippen LogP contribution < -0.4 is 0 Å². The summed E-state index contributed by atoms with van der Waals surface area (Å²) >= 11 is 0. The molecule has 1 heterocycles. The highest BCUT2D eigenvalue weighted by Crippen LogP contribution is 2.42. The minimum absolute atomic E-state index is 0.0792. The molecule has 2 rings (SSSR count). The van der Waals surface area contributed by atoms with Gasteiger partial charge in [-0.1, -0.05) is 34.6 Å². The Kier molecular flexibility index (Phi) is 8.12. The van der Waals surface area contributed by atoms with Crippen LogP contribution in [-0.2, 0) is 14.4 Å². The molecule has 0 aromatic heterocycles. The smallest absolute Gasteiger partial charge is 0.310 e. The number of nitriles is 1. The summed E-state index contributed by atoms with van der Waals surface area (Å²) in [5, 5.41) is 21.4. The van der Waals surface area contributed by atoms with Gasteiger partial charge < -0.3 is 9.84 Å². The van der Waals surface area contributed by atoms with Crippen molar-refractivity contribution in [1.82, 2.24) is 5.06 Å². The summed E-state index contributed by atoms with van der Waals surface area (Å²) in [4.78, 5) is 18.7. The Morgan fingerprint density at radius 2 is 1.79 bits per heavy atom. The zero-order valence-corrected chi connectivity index (χ0v) is 19.1. The first-order chi connectivity index (χ1) is 13.5. The Hall–Kier alpha value is -1.16. The number of aliphatic hydroxyl groups is 1. The van der Waals surface area contributed by atoms with Crippen molar-refractivity contribution in [2.75, 3.05) is 26.3 Å². The number of nitrogens with zero attached hydrogens (tertiary/aromatic N) is 2. The highest BCUT2D eigenvalue weighted by atomic mass is 16.7.